The molecule has 2 rings (SSSR count). The highest BCUT2D eigenvalue weighted by molar-refractivity contribution is 5.96. The summed E-state index contributed by atoms with van der Waals surface area (Å²) in [6.45, 7) is 0.102. The molecule has 8 heteroatoms. The Hall–Kier alpha value is -2.90. The van der Waals surface area contributed by atoms with Crippen LogP contribution in [0.2, 0.25) is 0 Å². The number of esters is 2. The first kappa shape index (κ1) is 19.4. The second-order valence-electron chi connectivity index (χ2n) is 5.99. The molecule has 1 saturated heterocycles. The molecule has 0 radical (unpaired) electrons. The van der Waals surface area contributed by atoms with Crippen LogP contribution in [-0.2, 0) is 35.3 Å². The molecule has 1 amide bonds. The van der Waals surface area contributed by atoms with Gasteiger partial charge in [-0.05, 0) is 18.4 Å². The van der Waals surface area contributed by atoms with Gasteiger partial charge in [0.2, 0.25) is 5.91 Å². The SMILES string of the molecule is COC(=O)CC(=O)N1[C@@H](CC(=O)OCc2ccccc2)CC[C@H]1C(=O)O. The molecular formula is C18H21NO7. The fourth-order valence-corrected chi connectivity index (χ4v) is 2.98. The van der Waals surface area contributed by atoms with Crippen LogP contribution in [0.3, 0.4) is 0 Å². The fraction of sp³-hybridized carbons (Fsp3) is 0.444. The summed E-state index contributed by atoms with van der Waals surface area (Å²) in [5.74, 6) is -3.11. The van der Waals surface area contributed by atoms with Crippen molar-refractivity contribution in [3.8, 4) is 0 Å². The van der Waals surface area contributed by atoms with Gasteiger partial charge in [0.25, 0.3) is 0 Å². The number of likely N-dealkylation sites (tertiary alicyclic amines) is 1. The maximum atomic E-state index is 12.3. The van der Waals surface area contributed by atoms with Crippen LogP contribution in [0, 0.1) is 0 Å². The minimum atomic E-state index is -1.16. The van der Waals surface area contributed by atoms with E-state index in [2.05, 4.69) is 4.74 Å². The maximum Gasteiger partial charge on any atom is 0.326 e. The summed E-state index contributed by atoms with van der Waals surface area (Å²) in [4.78, 5) is 48.2. The molecule has 26 heavy (non-hydrogen) atoms. The number of benzene rings is 1. The first-order valence-electron chi connectivity index (χ1n) is 8.22. The Morgan fingerprint density at radius 2 is 1.81 bits per heavy atom. The number of amides is 1. The Morgan fingerprint density at radius 1 is 1.12 bits per heavy atom. The van der Waals surface area contributed by atoms with Crippen LogP contribution in [0.15, 0.2) is 30.3 Å². The first-order valence-corrected chi connectivity index (χ1v) is 8.22. The number of nitrogens with zero attached hydrogens (tertiary/aromatic N) is 1. The molecule has 0 saturated carbocycles. The minimum Gasteiger partial charge on any atom is -0.480 e. The van der Waals surface area contributed by atoms with Crippen molar-refractivity contribution in [3.63, 3.8) is 0 Å². The van der Waals surface area contributed by atoms with E-state index in [1.807, 2.05) is 30.3 Å². The number of aliphatic carboxylic acids is 1. The summed E-state index contributed by atoms with van der Waals surface area (Å²) in [5.41, 5.74) is 0.828. The number of carboxylic acids is 1. The molecule has 1 aliphatic heterocycles. The summed E-state index contributed by atoms with van der Waals surface area (Å²) < 4.78 is 9.65. The van der Waals surface area contributed by atoms with Crippen molar-refractivity contribution < 1.29 is 33.8 Å². The van der Waals surface area contributed by atoms with Crippen molar-refractivity contribution in [1.29, 1.82) is 0 Å². The van der Waals surface area contributed by atoms with E-state index in [4.69, 9.17) is 4.74 Å². The van der Waals surface area contributed by atoms with Gasteiger partial charge in [0.15, 0.2) is 0 Å². The van der Waals surface area contributed by atoms with E-state index < -0.39 is 42.3 Å². The van der Waals surface area contributed by atoms with Crippen LogP contribution < -0.4 is 0 Å². The number of hydrogen-bond donors (Lipinski definition) is 1. The summed E-state index contributed by atoms with van der Waals surface area (Å²) in [6, 6.07) is 7.46. The number of ether oxygens (including phenoxy) is 2. The van der Waals surface area contributed by atoms with Crippen molar-refractivity contribution in [2.75, 3.05) is 7.11 Å². The quantitative estimate of drug-likeness (QED) is 0.571. The first-order chi connectivity index (χ1) is 12.4. The third-order valence-corrected chi connectivity index (χ3v) is 4.24. The second-order valence-corrected chi connectivity index (χ2v) is 5.99. The van der Waals surface area contributed by atoms with Gasteiger partial charge < -0.3 is 19.5 Å². The predicted octanol–water partition coefficient (Wildman–Crippen LogP) is 1.13. The van der Waals surface area contributed by atoms with Crippen LogP contribution in [0.5, 0.6) is 0 Å². The largest absolute Gasteiger partial charge is 0.480 e. The molecular weight excluding hydrogens is 342 g/mol. The molecule has 1 heterocycles. The van der Waals surface area contributed by atoms with Crippen molar-refractivity contribution in [3.05, 3.63) is 35.9 Å². The summed E-state index contributed by atoms with van der Waals surface area (Å²) in [6.07, 6.45) is -0.109. The van der Waals surface area contributed by atoms with Gasteiger partial charge in [0.1, 0.15) is 19.1 Å². The molecule has 0 unspecified atom stereocenters. The van der Waals surface area contributed by atoms with Gasteiger partial charge in [-0.1, -0.05) is 30.3 Å². The van der Waals surface area contributed by atoms with E-state index in [1.165, 1.54) is 0 Å². The Labute approximate surface area is 150 Å². The predicted molar refractivity (Wildman–Crippen MR) is 88.8 cm³/mol. The third-order valence-electron chi connectivity index (χ3n) is 4.24. The zero-order valence-corrected chi connectivity index (χ0v) is 14.4. The van der Waals surface area contributed by atoms with Gasteiger partial charge in [0.05, 0.1) is 13.5 Å². The monoisotopic (exact) mass is 363 g/mol. The van der Waals surface area contributed by atoms with E-state index in [-0.39, 0.29) is 19.4 Å². The zero-order valence-electron chi connectivity index (χ0n) is 14.4. The van der Waals surface area contributed by atoms with E-state index in [9.17, 15) is 24.3 Å². The number of carboxylic acid groups (broad SMARTS) is 1. The van der Waals surface area contributed by atoms with Crippen LogP contribution in [-0.4, -0.2) is 53.0 Å². The lowest BCUT2D eigenvalue weighted by Gasteiger charge is -2.27. The highest BCUT2D eigenvalue weighted by Gasteiger charge is 2.42. The van der Waals surface area contributed by atoms with E-state index >= 15 is 0 Å². The van der Waals surface area contributed by atoms with Crippen molar-refractivity contribution in [2.24, 2.45) is 0 Å². The number of hydrogen-bond acceptors (Lipinski definition) is 6. The number of methoxy groups -OCH3 is 1. The Morgan fingerprint density at radius 3 is 2.42 bits per heavy atom. The Kier molecular flexibility index (Phi) is 6.71. The average Bonchev–Trinajstić information content (AvgIpc) is 3.04. The normalized spacial score (nSPS) is 19.0. The van der Waals surface area contributed by atoms with Gasteiger partial charge in [-0.25, -0.2) is 4.79 Å². The molecule has 1 fully saturated rings. The smallest absolute Gasteiger partial charge is 0.326 e. The van der Waals surface area contributed by atoms with Crippen LogP contribution in [0.1, 0.15) is 31.2 Å². The standard InChI is InChI=1S/C18H21NO7/c1-25-16(21)10-15(20)19-13(7-8-14(19)18(23)24)9-17(22)26-11-12-5-3-2-4-6-12/h2-6,13-14H,7-11H2,1H3,(H,23,24)/t13-,14+/m1/s1. The van der Waals surface area contributed by atoms with Gasteiger partial charge in [-0.2, -0.15) is 0 Å². The highest BCUT2D eigenvalue weighted by Crippen LogP contribution is 2.28. The van der Waals surface area contributed by atoms with Crippen LogP contribution in [0.4, 0.5) is 0 Å². The molecule has 0 spiro atoms. The second kappa shape index (κ2) is 8.98. The van der Waals surface area contributed by atoms with Gasteiger partial charge >= 0.3 is 17.9 Å². The van der Waals surface area contributed by atoms with Gasteiger partial charge in [0, 0.05) is 6.04 Å². The lowest BCUT2D eigenvalue weighted by atomic mass is 10.1. The molecule has 1 aliphatic rings. The number of carbonyl (C=O) groups is 4. The lowest BCUT2D eigenvalue weighted by molar-refractivity contribution is -0.155. The topological polar surface area (TPSA) is 110 Å². The molecule has 1 N–H and O–H groups in total. The van der Waals surface area contributed by atoms with E-state index in [1.54, 1.807) is 0 Å². The summed E-state index contributed by atoms with van der Waals surface area (Å²) >= 11 is 0. The van der Waals surface area contributed by atoms with Crippen molar-refractivity contribution in [1.82, 2.24) is 4.90 Å². The summed E-state index contributed by atoms with van der Waals surface area (Å²) in [7, 11) is 1.15. The molecule has 1 aromatic carbocycles. The molecule has 0 aliphatic carbocycles. The van der Waals surface area contributed by atoms with Crippen LogP contribution in [0.25, 0.3) is 0 Å². The summed E-state index contributed by atoms with van der Waals surface area (Å²) in [5, 5.41) is 9.30. The highest BCUT2D eigenvalue weighted by atomic mass is 16.5. The van der Waals surface area contributed by atoms with Crippen molar-refractivity contribution >= 4 is 23.8 Å². The molecule has 2 atom stereocenters. The van der Waals surface area contributed by atoms with E-state index in [0.717, 1.165) is 17.6 Å². The Balaban J connectivity index is 1.98. The van der Waals surface area contributed by atoms with E-state index in [0.29, 0.717) is 6.42 Å². The van der Waals surface area contributed by atoms with Crippen LogP contribution >= 0.6 is 0 Å². The number of rotatable bonds is 7. The van der Waals surface area contributed by atoms with Gasteiger partial charge in [-0.3, -0.25) is 14.4 Å². The molecule has 0 aromatic heterocycles. The zero-order chi connectivity index (χ0) is 19.1. The Bertz CT molecular complexity index is 673. The average molecular weight is 363 g/mol. The molecule has 0 bridgehead atoms. The molecule has 1 aromatic rings. The number of carbonyl (C=O) groups excluding carboxylic acids is 3. The molecule has 140 valence electrons. The molecule has 8 nitrogen and oxygen atoms in total. The van der Waals surface area contributed by atoms with Gasteiger partial charge in [-0.15, -0.1) is 0 Å². The lowest BCUT2D eigenvalue weighted by Crippen LogP contribution is -2.46. The third kappa shape index (κ3) is 5.05. The fourth-order valence-electron chi connectivity index (χ4n) is 2.98. The maximum absolute atomic E-state index is 12.3. The van der Waals surface area contributed by atoms with Crippen molar-refractivity contribution in [2.45, 2.75) is 44.4 Å². The minimum absolute atomic E-state index is 0.102.